The van der Waals surface area contributed by atoms with E-state index in [9.17, 15) is 0 Å². The minimum absolute atomic E-state index is 0. The number of aliphatic imine (C=N–C) groups is 4. The third-order valence-corrected chi connectivity index (χ3v) is 4.83. The van der Waals surface area contributed by atoms with Crippen LogP contribution in [0.15, 0.2) is 85.8 Å². The average Bonchev–Trinajstić information content (AvgIpc) is 3.28. The van der Waals surface area contributed by atoms with Gasteiger partial charge in [-0.3, -0.25) is 9.98 Å². The van der Waals surface area contributed by atoms with E-state index in [-0.39, 0.29) is 67.9 Å². The molecule has 0 N–H and O–H groups in total. The number of amidine groups is 2. The van der Waals surface area contributed by atoms with E-state index in [4.69, 9.17) is 25.0 Å². The quantitative estimate of drug-likeness (QED) is 0.403. The van der Waals surface area contributed by atoms with Gasteiger partial charge in [0.15, 0.2) is 11.7 Å². The van der Waals surface area contributed by atoms with Gasteiger partial charge in [-0.05, 0) is 37.1 Å². The molecule has 4 aliphatic rings. The second-order valence-electron chi connectivity index (χ2n) is 6.67. The summed E-state index contributed by atoms with van der Waals surface area (Å²) in [6.45, 7) is 4.12. The van der Waals surface area contributed by atoms with E-state index in [1.165, 1.54) is 0 Å². The van der Waals surface area contributed by atoms with Crippen LogP contribution in [0.25, 0.3) is 0 Å². The molecule has 1 radical (unpaired) electrons. The molecule has 2 unspecified atom stereocenters. The van der Waals surface area contributed by atoms with Crippen LogP contribution in [0.4, 0.5) is 0 Å². The van der Waals surface area contributed by atoms with Crippen LogP contribution in [-0.4, -0.2) is 40.2 Å². The van der Waals surface area contributed by atoms with Gasteiger partial charge >= 0.3 is 0 Å². The van der Waals surface area contributed by atoms with Crippen molar-refractivity contribution in [2.24, 2.45) is 20.0 Å². The summed E-state index contributed by atoms with van der Waals surface area (Å²) in [5.74, 6) is 1.34. The smallest absolute Gasteiger partial charge is 0.174 e. The number of hydrogen-bond acceptors (Lipinski definition) is 5. The predicted octanol–water partition coefficient (Wildman–Crippen LogP) is -5.74. The van der Waals surface area contributed by atoms with Crippen LogP contribution in [0.5, 0.6) is 0 Å². The summed E-state index contributed by atoms with van der Waals surface area (Å²) in [6.07, 6.45) is 12.3. The molecular weight excluding hydrogens is 480 g/mol. The minimum Gasteiger partial charge on any atom is -1.00 e. The first kappa shape index (κ1) is 26.3. The summed E-state index contributed by atoms with van der Waals surface area (Å²) in [6, 6.07) is 5.85. The molecule has 155 valence electrons. The number of hydrogen-bond donors (Lipinski definition) is 0. The van der Waals surface area contributed by atoms with Gasteiger partial charge in [0, 0.05) is 18.6 Å². The maximum atomic E-state index is 4.74. The van der Waals surface area contributed by atoms with E-state index in [0.717, 1.165) is 34.0 Å². The van der Waals surface area contributed by atoms with Crippen molar-refractivity contribution >= 4 is 23.1 Å². The molecule has 0 spiro atoms. The molecule has 2 aliphatic heterocycles. The Morgan fingerprint density at radius 3 is 1.53 bits per heavy atom. The minimum atomic E-state index is 0. The number of halogens is 3. The number of pyridine rings is 1. The first-order chi connectivity index (χ1) is 12.7. The van der Waals surface area contributed by atoms with E-state index >= 15 is 0 Å². The molecule has 2 atom stereocenters. The van der Waals surface area contributed by atoms with E-state index < -0.39 is 0 Å². The first-order valence-corrected chi connectivity index (χ1v) is 8.70. The fourth-order valence-corrected chi connectivity index (χ4v) is 3.43. The van der Waals surface area contributed by atoms with Crippen molar-refractivity contribution in [3.63, 3.8) is 0 Å². The van der Waals surface area contributed by atoms with E-state index in [0.29, 0.717) is 11.7 Å². The molecule has 0 fully saturated rings. The zero-order valence-corrected chi connectivity index (χ0v) is 19.8. The van der Waals surface area contributed by atoms with Gasteiger partial charge in [-0.25, -0.2) is 15.0 Å². The Hall–Kier alpha value is -1.76. The van der Waals surface area contributed by atoms with E-state index in [1.54, 1.807) is 0 Å². The van der Waals surface area contributed by atoms with Crippen LogP contribution in [-0.2, 0) is 18.6 Å². The van der Waals surface area contributed by atoms with Crippen molar-refractivity contribution in [3.8, 4) is 0 Å². The number of rotatable bonds is 2. The molecular formula is C21H17Cl3N5V-3. The third kappa shape index (κ3) is 4.61. The molecule has 0 bridgehead atoms. The fraction of sp³-hybridized carbons (Fsp3) is 0.190. The van der Waals surface area contributed by atoms with Crippen LogP contribution in [0.1, 0.15) is 25.2 Å². The maximum Gasteiger partial charge on any atom is 0.174 e. The van der Waals surface area contributed by atoms with Crippen LogP contribution in [0.3, 0.4) is 0 Å². The maximum absolute atomic E-state index is 4.74. The number of nitrogens with zero attached hydrogens (tertiary/aromatic N) is 5. The van der Waals surface area contributed by atoms with Crippen LogP contribution < -0.4 is 37.2 Å². The largest absolute Gasteiger partial charge is 1.00 e. The number of fused-ring (bicyclic) bond motifs is 2. The van der Waals surface area contributed by atoms with Crippen molar-refractivity contribution < 1.29 is 55.8 Å². The van der Waals surface area contributed by atoms with E-state index in [2.05, 4.69) is 38.2 Å². The van der Waals surface area contributed by atoms with Gasteiger partial charge in [0.05, 0.1) is 11.4 Å². The molecule has 1 aromatic rings. The van der Waals surface area contributed by atoms with E-state index in [1.807, 2.05) is 30.4 Å². The van der Waals surface area contributed by atoms with Crippen molar-refractivity contribution in [2.45, 2.75) is 25.9 Å². The SMILES string of the molecule is CC1=CC=CC2N=C(c3cccc(C4=NC5C=CC=C(C)C5=N4)n3)N=C12.[Cl-].[Cl-].[Cl-].[V]. The Labute approximate surface area is 206 Å². The van der Waals surface area contributed by atoms with Gasteiger partial charge in [0.25, 0.3) is 0 Å². The fourth-order valence-electron chi connectivity index (χ4n) is 3.43. The zero-order chi connectivity index (χ0) is 17.7. The molecule has 5 rings (SSSR count). The molecule has 2 aliphatic carbocycles. The molecule has 0 aromatic carbocycles. The van der Waals surface area contributed by atoms with Gasteiger partial charge in [-0.2, -0.15) is 0 Å². The van der Waals surface area contributed by atoms with Gasteiger partial charge in [-0.15, -0.1) is 0 Å². The number of aromatic nitrogens is 1. The molecule has 9 heteroatoms. The monoisotopic (exact) mass is 495 g/mol. The molecule has 3 heterocycles. The molecule has 0 saturated heterocycles. The third-order valence-electron chi connectivity index (χ3n) is 4.83. The van der Waals surface area contributed by atoms with Gasteiger partial charge < -0.3 is 37.2 Å². The van der Waals surface area contributed by atoms with Crippen molar-refractivity contribution in [1.29, 1.82) is 0 Å². The summed E-state index contributed by atoms with van der Waals surface area (Å²) < 4.78 is 0. The summed E-state index contributed by atoms with van der Waals surface area (Å²) in [5.41, 5.74) is 5.82. The van der Waals surface area contributed by atoms with Crippen molar-refractivity contribution in [1.82, 2.24) is 4.98 Å². The second kappa shape index (κ2) is 10.5. The normalized spacial score (nSPS) is 22.2. The Morgan fingerprint density at radius 2 is 1.13 bits per heavy atom. The Balaban J connectivity index is 0.00000112. The topological polar surface area (TPSA) is 62.3 Å². The van der Waals surface area contributed by atoms with Crippen LogP contribution in [0, 0.1) is 0 Å². The Kier molecular flexibility index (Phi) is 9.21. The van der Waals surface area contributed by atoms with Crippen LogP contribution >= 0.6 is 0 Å². The van der Waals surface area contributed by atoms with Crippen molar-refractivity contribution in [3.05, 3.63) is 77.2 Å². The molecule has 5 nitrogen and oxygen atoms in total. The Morgan fingerprint density at radius 1 is 0.700 bits per heavy atom. The zero-order valence-electron chi connectivity index (χ0n) is 16.2. The summed E-state index contributed by atoms with van der Waals surface area (Å²) >= 11 is 0. The first-order valence-electron chi connectivity index (χ1n) is 8.70. The van der Waals surface area contributed by atoms with Crippen LogP contribution in [0.2, 0.25) is 0 Å². The second-order valence-corrected chi connectivity index (χ2v) is 6.67. The van der Waals surface area contributed by atoms with Gasteiger partial charge in [0.1, 0.15) is 23.5 Å². The standard InChI is InChI=1S/C21H17N5.3ClH.V/c1-12-6-3-8-14-18(12)25-20(23-14)16-10-5-11-17(22-16)21-24-15-9-4-7-13(2)19(15)26-21;;;;/h3-11,14-15H,1-2H3;3*1H;/p-3. The molecule has 1 aromatic heterocycles. The van der Waals surface area contributed by atoms with Crippen molar-refractivity contribution in [2.75, 3.05) is 0 Å². The molecule has 30 heavy (non-hydrogen) atoms. The molecule has 0 saturated carbocycles. The predicted molar refractivity (Wildman–Crippen MR) is 106 cm³/mol. The molecule has 0 amide bonds. The summed E-state index contributed by atoms with van der Waals surface area (Å²) in [5, 5.41) is 0. The number of allylic oxidation sites excluding steroid dienone is 4. The summed E-state index contributed by atoms with van der Waals surface area (Å²) in [7, 11) is 0. The Bertz CT molecular complexity index is 999. The van der Waals surface area contributed by atoms with Gasteiger partial charge in [0.2, 0.25) is 0 Å². The average molecular weight is 497 g/mol. The summed E-state index contributed by atoms with van der Waals surface area (Å²) in [4.78, 5) is 23.6. The van der Waals surface area contributed by atoms with Gasteiger partial charge in [-0.1, -0.05) is 42.5 Å².